The van der Waals surface area contributed by atoms with Crippen molar-refractivity contribution in [2.45, 2.75) is 0 Å². The van der Waals surface area contributed by atoms with Gasteiger partial charge < -0.3 is 15.8 Å². The van der Waals surface area contributed by atoms with Gasteiger partial charge in [0.2, 0.25) is 0 Å². The van der Waals surface area contributed by atoms with E-state index in [0.717, 1.165) is 12.1 Å². The van der Waals surface area contributed by atoms with E-state index in [4.69, 9.17) is 22.1 Å². The van der Waals surface area contributed by atoms with Gasteiger partial charge in [0.1, 0.15) is 17.4 Å². The number of hydrogen-bond donors (Lipinski definition) is 2. The summed E-state index contributed by atoms with van der Waals surface area (Å²) in [4.78, 5) is 0. The molecule has 6 heteroatoms. The number of nitrogens with two attached hydrogens (primary N) is 1. The third-order valence-electron chi connectivity index (χ3n) is 2.46. The van der Waals surface area contributed by atoms with Crippen LogP contribution in [-0.4, -0.2) is 7.11 Å². The van der Waals surface area contributed by atoms with E-state index in [9.17, 15) is 8.78 Å². The van der Waals surface area contributed by atoms with Crippen molar-refractivity contribution in [1.29, 1.82) is 0 Å². The number of ether oxygens (including phenoxy) is 1. The summed E-state index contributed by atoms with van der Waals surface area (Å²) in [5.74, 6) is -0.761. The summed E-state index contributed by atoms with van der Waals surface area (Å²) < 4.78 is 31.9. The second kappa shape index (κ2) is 5.32. The van der Waals surface area contributed by atoms with Crippen molar-refractivity contribution in [2.75, 3.05) is 18.2 Å². The van der Waals surface area contributed by atoms with Crippen LogP contribution in [0.3, 0.4) is 0 Å². The molecule has 2 aromatic carbocycles. The number of halogens is 3. The molecule has 0 heterocycles. The minimum absolute atomic E-state index is 0.118. The molecule has 0 fully saturated rings. The van der Waals surface area contributed by atoms with Crippen LogP contribution in [0.1, 0.15) is 0 Å². The van der Waals surface area contributed by atoms with Crippen molar-refractivity contribution in [2.24, 2.45) is 0 Å². The topological polar surface area (TPSA) is 47.3 Å². The van der Waals surface area contributed by atoms with Gasteiger partial charge in [-0.1, -0.05) is 11.6 Å². The SMILES string of the molecule is COc1cc(Nc2cc(F)cc(Cl)c2)c(F)cc1N. The van der Waals surface area contributed by atoms with E-state index in [2.05, 4.69) is 5.32 Å². The van der Waals surface area contributed by atoms with Gasteiger partial charge in [-0.25, -0.2) is 8.78 Å². The fourth-order valence-corrected chi connectivity index (χ4v) is 1.84. The summed E-state index contributed by atoms with van der Waals surface area (Å²) >= 11 is 5.72. The Morgan fingerprint density at radius 1 is 1.16 bits per heavy atom. The lowest BCUT2D eigenvalue weighted by molar-refractivity contribution is 0.416. The normalized spacial score (nSPS) is 10.3. The third kappa shape index (κ3) is 3.06. The van der Waals surface area contributed by atoms with Crippen LogP contribution in [0.25, 0.3) is 0 Å². The zero-order valence-corrected chi connectivity index (χ0v) is 10.8. The average Bonchev–Trinajstić information content (AvgIpc) is 2.31. The minimum atomic E-state index is -0.571. The lowest BCUT2D eigenvalue weighted by Gasteiger charge is -2.11. The average molecular weight is 285 g/mol. The number of rotatable bonds is 3. The van der Waals surface area contributed by atoms with Crippen molar-refractivity contribution >= 4 is 28.7 Å². The highest BCUT2D eigenvalue weighted by atomic mass is 35.5. The van der Waals surface area contributed by atoms with Crippen molar-refractivity contribution < 1.29 is 13.5 Å². The molecule has 0 unspecified atom stereocenters. The Morgan fingerprint density at radius 2 is 1.89 bits per heavy atom. The Bertz CT molecular complexity index is 600. The highest BCUT2D eigenvalue weighted by Gasteiger charge is 2.09. The molecule has 3 N–H and O–H groups in total. The monoisotopic (exact) mass is 284 g/mol. The van der Waals surface area contributed by atoms with Gasteiger partial charge in [-0.05, 0) is 18.2 Å². The van der Waals surface area contributed by atoms with Crippen LogP contribution in [0.4, 0.5) is 25.8 Å². The largest absolute Gasteiger partial charge is 0.495 e. The zero-order valence-electron chi connectivity index (χ0n) is 10.0. The van der Waals surface area contributed by atoms with Gasteiger partial charge in [0.25, 0.3) is 0 Å². The Balaban J connectivity index is 2.37. The van der Waals surface area contributed by atoms with Gasteiger partial charge in [-0.15, -0.1) is 0 Å². The molecule has 0 spiro atoms. The van der Waals surface area contributed by atoms with Crippen molar-refractivity contribution in [3.63, 3.8) is 0 Å². The molecule has 0 aliphatic carbocycles. The minimum Gasteiger partial charge on any atom is -0.495 e. The highest BCUT2D eigenvalue weighted by Crippen LogP contribution is 2.31. The maximum Gasteiger partial charge on any atom is 0.148 e. The van der Waals surface area contributed by atoms with E-state index in [1.807, 2.05) is 0 Å². The molecule has 2 aromatic rings. The fraction of sp³-hybridized carbons (Fsp3) is 0.0769. The molecule has 0 aromatic heterocycles. The summed E-state index contributed by atoms with van der Waals surface area (Å²) in [6.45, 7) is 0. The summed E-state index contributed by atoms with van der Waals surface area (Å²) in [5.41, 5.74) is 6.20. The molecule has 0 aliphatic heterocycles. The maximum atomic E-state index is 13.7. The maximum absolute atomic E-state index is 13.7. The van der Waals surface area contributed by atoms with E-state index in [1.165, 1.54) is 25.3 Å². The van der Waals surface area contributed by atoms with Crippen LogP contribution in [-0.2, 0) is 0 Å². The molecular formula is C13H11ClF2N2O. The molecule has 3 nitrogen and oxygen atoms in total. The van der Waals surface area contributed by atoms with Crippen molar-refractivity contribution in [3.05, 3.63) is 47.0 Å². The molecule has 0 saturated heterocycles. The van der Waals surface area contributed by atoms with E-state index < -0.39 is 11.6 Å². The van der Waals surface area contributed by atoms with Crippen LogP contribution in [0.15, 0.2) is 30.3 Å². The molecule has 0 amide bonds. The Labute approximate surface area is 113 Å². The van der Waals surface area contributed by atoms with Gasteiger partial charge >= 0.3 is 0 Å². The Morgan fingerprint density at radius 3 is 2.53 bits per heavy atom. The van der Waals surface area contributed by atoms with Gasteiger partial charge in [-0.2, -0.15) is 0 Å². The first-order valence-corrected chi connectivity index (χ1v) is 5.73. The number of methoxy groups -OCH3 is 1. The number of anilines is 3. The smallest absolute Gasteiger partial charge is 0.148 e. The van der Waals surface area contributed by atoms with Crippen molar-refractivity contribution in [3.8, 4) is 5.75 Å². The highest BCUT2D eigenvalue weighted by molar-refractivity contribution is 6.30. The summed E-state index contributed by atoms with van der Waals surface area (Å²) in [6, 6.07) is 6.36. The number of hydrogen-bond acceptors (Lipinski definition) is 3. The predicted octanol–water partition coefficient (Wildman–Crippen LogP) is 3.95. The van der Waals surface area contributed by atoms with Gasteiger partial charge in [0.15, 0.2) is 0 Å². The van der Waals surface area contributed by atoms with Crippen LogP contribution in [0, 0.1) is 11.6 Å². The van der Waals surface area contributed by atoms with E-state index in [1.54, 1.807) is 0 Å². The molecule has 0 radical (unpaired) electrons. The fourth-order valence-electron chi connectivity index (χ4n) is 1.62. The van der Waals surface area contributed by atoms with Crippen LogP contribution in [0.5, 0.6) is 5.75 Å². The second-order valence-electron chi connectivity index (χ2n) is 3.86. The van der Waals surface area contributed by atoms with Crippen LogP contribution in [0.2, 0.25) is 5.02 Å². The molecule has 0 saturated carbocycles. The number of nitrogens with one attached hydrogen (secondary N) is 1. The molecule has 19 heavy (non-hydrogen) atoms. The second-order valence-corrected chi connectivity index (χ2v) is 4.29. The first-order chi connectivity index (χ1) is 8.99. The van der Waals surface area contributed by atoms with E-state index in [0.29, 0.717) is 11.4 Å². The lowest BCUT2D eigenvalue weighted by Crippen LogP contribution is -1.99. The molecule has 100 valence electrons. The van der Waals surface area contributed by atoms with Gasteiger partial charge in [0.05, 0.1) is 18.5 Å². The third-order valence-corrected chi connectivity index (χ3v) is 2.68. The first kappa shape index (κ1) is 13.4. The standard InChI is InChI=1S/C13H11ClF2N2O/c1-19-13-6-12(10(16)5-11(13)17)18-9-3-7(14)2-8(15)4-9/h2-6,18H,17H2,1H3. The lowest BCUT2D eigenvalue weighted by atomic mass is 10.2. The Kier molecular flexibility index (Phi) is 3.76. The first-order valence-electron chi connectivity index (χ1n) is 5.35. The molecular weight excluding hydrogens is 274 g/mol. The van der Waals surface area contributed by atoms with E-state index in [-0.39, 0.29) is 16.4 Å². The van der Waals surface area contributed by atoms with Gasteiger partial charge in [0, 0.05) is 22.8 Å². The summed E-state index contributed by atoms with van der Waals surface area (Å²) in [6.07, 6.45) is 0. The quantitative estimate of drug-likeness (QED) is 0.839. The number of benzene rings is 2. The van der Waals surface area contributed by atoms with Crippen molar-refractivity contribution in [1.82, 2.24) is 0 Å². The molecule has 0 atom stereocenters. The van der Waals surface area contributed by atoms with Crippen LogP contribution >= 0.6 is 11.6 Å². The predicted molar refractivity (Wildman–Crippen MR) is 72.1 cm³/mol. The number of nitrogen functional groups attached to an aromatic ring is 1. The Hall–Kier alpha value is -2.01. The van der Waals surface area contributed by atoms with Crippen LogP contribution < -0.4 is 15.8 Å². The summed E-state index contributed by atoms with van der Waals surface area (Å²) in [5, 5.41) is 2.93. The molecule has 0 aliphatic rings. The molecule has 0 bridgehead atoms. The van der Waals surface area contributed by atoms with E-state index >= 15 is 0 Å². The van der Waals surface area contributed by atoms with Gasteiger partial charge in [-0.3, -0.25) is 0 Å². The zero-order chi connectivity index (χ0) is 14.0. The molecule has 2 rings (SSSR count). The summed E-state index contributed by atoms with van der Waals surface area (Å²) in [7, 11) is 1.42.